The minimum absolute atomic E-state index is 0.0108. The van der Waals surface area contributed by atoms with Crippen molar-refractivity contribution in [3.8, 4) is 0 Å². The standard InChI is InChI=1S/C20H38N2O2/c1-4-5-12-15-19(23)16-13-10-8-6-7-9-11-14-17-20(24)22-21-18(2)3/h10,13,19,23H,4-9,11-12,14-17H2,1-3H3,(H,22,24)/b13-10-. The summed E-state index contributed by atoms with van der Waals surface area (Å²) in [4.78, 5) is 11.4. The topological polar surface area (TPSA) is 61.7 Å². The predicted octanol–water partition coefficient (Wildman–Crippen LogP) is 5.12. The maximum atomic E-state index is 11.4. The van der Waals surface area contributed by atoms with Crippen LogP contribution < -0.4 is 5.43 Å². The molecule has 0 spiro atoms. The minimum Gasteiger partial charge on any atom is -0.393 e. The molecule has 0 radical (unpaired) electrons. The molecule has 0 aromatic carbocycles. The number of nitrogens with one attached hydrogen (secondary N) is 1. The van der Waals surface area contributed by atoms with Crippen LogP contribution in [0, 0.1) is 0 Å². The van der Waals surface area contributed by atoms with Crippen molar-refractivity contribution in [1.29, 1.82) is 0 Å². The molecule has 1 atom stereocenters. The van der Waals surface area contributed by atoms with Gasteiger partial charge in [-0.2, -0.15) is 5.10 Å². The molecule has 0 aliphatic heterocycles. The van der Waals surface area contributed by atoms with E-state index in [1.807, 2.05) is 13.8 Å². The zero-order valence-electron chi connectivity index (χ0n) is 16.0. The molecule has 140 valence electrons. The first-order chi connectivity index (χ1) is 11.6. The Morgan fingerprint density at radius 1 is 1.04 bits per heavy atom. The Bertz CT molecular complexity index is 361. The quantitative estimate of drug-likeness (QED) is 0.188. The molecule has 0 saturated carbocycles. The summed E-state index contributed by atoms with van der Waals surface area (Å²) < 4.78 is 0. The minimum atomic E-state index is -0.167. The first kappa shape index (κ1) is 22.8. The number of carbonyl (C=O) groups excluding carboxylic acids is 1. The lowest BCUT2D eigenvalue weighted by atomic mass is 10.1. The summed E-state index contributed by atoms with van der Waals surface area (Å²) in [5.74, 6) is 0.0108. The molecule has 0 bridgehead atoms. The van der Waals surface area contributed by atoms with Gasteiger partial charge in [0.25, 0.3) is 0 Å². The second-order valence-corrected chi connectivity index (χ2v) is 6.76. The van der Waals surface area contributed by atoms with Gasteiger partial charge in [-0.25, -0.2) is 5.43 Å². The van der Waals surface area contributed by atoms with Gasteiger partial charge in [-0.05, 0) is 46.0 Å². The zero-order chi connectivity index (χ0) is 18.0. The van der Waals surface area contributed by atoms with E-state index in [1.54, 1.807) is 0 Å². The maximum absolute atomic E-state index is 11.4. The molecule has 2 N–H and O–H groups in total. The normalized spacial score (nSPS) is 12.3. The van der Waals surface area contributed by atoms with E-state index < -0.39 is 0 Å². The SMILES string of the molecule is CCCCCC(O)C/C=C\CCCCCCCC(=O)NN=C(C)C. The molecule has 1 unspecified atom stereocenters. The molecular formula is C20H38N2O2. The van der Waals surface area contributed by atoms with Crippen molar-refractivity contribution in [2.75, 3.05) is 0 Å². The van der Waals surface area contributed by atoms with Crippen LogP contribution in [0.4, 0.5) is 0 Å². The van der Waals surface area contributed by atoms with Crippen LogP contribution in [0.3, 0.4) is 0 Å². The fourth-order valence-corrected chi connectivity index (χ4v) is 2.43. The number of amides is 1. The smallest absolute Gasteiger partial charge is 0.240 e. The summed E-state index contributed by atoms with van der Waals surface area (Å²) in [6.07, 6.45) is 16.7. The summed E-state index contributed by atoms with van der Waals surface area (Å²) in [6, 6.07) is 0. The number of carbonyl (C=O) groups is 1. The van der Waals surface area contributed by atoms with Crippen LogP contribution in [-0.2, 0) is 4.79 Å². The Balaban J connectivity index is 3.37. The maximum Gasteiger partial charge on any atom is 0.240 e. The van der Waals surface area contributed by atoms with Gasteiger partial charge in [-0.15, -0.1) is 0 Å². The first-order valence-corrected chi connectivity index (χ1v) is 9.69. The van der Waals surface area contributed by atoms with Crippen LogP contribution in [0.15, 0.2) is 17.3 Å². The Hall–Kier alpha value is -1.16. The van der Waals surface area contributed by atoms with Crippen molar-refractivity contribution in [3.05, 3.63) is 12.2 Å². The molecule has 0 aromatic rings. The fraction of sp³-hybridized carbons (Fsp3) is 0.800. The van der Waals surface area contributed by atoms with Crippen LogP contribution in [0.5, 0.6) is 0 Å². The number of nitrogens with zero attached hydrogens (tertiary/aromatic N) is 1. The van der Waals surface area contributed by atoms with E-state index in [0.29, 0.717) is 6.42 Å². The van der Waals surface area contributed by atoms with Gasteiger partial charge >= 0.3 is 0 Å². The molecule has 0 aliphatic carbocycles. The highest BCUT2D eigenvalue weighted by Gasteiger charge is 2.01. The monoisotopic (exact) mass is 338 g/mol. The third-order valence-electron chi connectivity index (χ3n) is 3.89. The summed E-state index contributed by atoms with van der Waals surface area (Å²) >= 11 is 0. The van der Waals surface area contributed by atoms with Crippen LogP contribution in [0.1, 0.15) is 97.8 Å². The van der Waals surface area contributed by atoms with Gasteiger partial charge in [0.15, 0.2) is 0 Å². The van der Waals surface area contributed by atoms with Crippen molar-refractivity contribution in [2.24, 2.45) is 5.10 Å². The Labute approximate surface area is 148 Å². The molecule has 0 rings (SSSR count). The van der Waals surface area contributed by atoms with Gasteiger partial charge in [0, 0.05) is 12.1 Å². The summed E-state index contributed by atoms with van der Waals surface area (Å²) in [5, 5.41) is 13.7. The summed E-state index contributed by atoms with van der Waals surface area (Å²) in [5.41, 5.74) is 3.42. The van der Waals surface area contributed by atoms with Gasteiger partial charge < -0.3 is 5.11 Å². The lowest BCUT2D eigenvalue weighted by molar-refractivity contribution is -0.121. The first-order valence-electron chi connectivity index (χ1n) is 9.69. The van der Waals surface area contributed by atoms with Crippen molar-refractivity contribution in [1.82, 2.24) is 5.43 Å². The predicted molar refractivity (Wildman–Crippen MR) is 103 cm³/mol. The number of hydrazone groups is 1. The molecule has 0 heterocycles. The van der Waals surface area contributed by atoms with E-state index >= 15 is 0 Å². The van der Waals surface area contributed by atoms with Crippen molar-refractivity contribution in [3.63, 3.8) is 0 Å². The summed E-state index contributed by atoms with van der Waals surface area (Å²) in [7, 11) is 0. The molecule has 0 aromatic heterocycles. The van der Waals surface area contributed by atoms with E-state index in [1.165, 1.54) is 32.1 Å². The highest BCUT2D eigenvalue weighted by molar-refractivity contribution is 5.82. The zero-order valence-corrected chi connectivity index (χ0v) is 16.0. The number of unbranched alkanes of at least 4 members (excludes halogenated alkanes) is 7. The van der Waals surface area contributed by atoms with Crippen molar-refractivity contribution >= 4 is 11.6 Å². The van der Waals surface area contributed by atoms with Gasteiger partial charge in [-0.3, -0.25) is 4.79 Å². The third kappa shape index (κ3) is 17.2. The molecular weight excluding hydrogens is 300 g/mol. The number of hydrogen-bond donors (Lipinski definition) is 2. The molecule has 4 nitrogen and oxygen atoms in total. The van der Waals surface area contributed by atoms with Crippen LogP contribution in [0.25, 0.3) is 0 Å². The van der Waals surface area contributed by atoms with E-state index in [2.05, 4.69) is 29.6 Å². The van der Waals surface area contributed by atoms with Crippen molar-refractivity contribution < 1.29 is 9.90 Å². The van der Waals surface area contributed by atoms with E-state index in [4.69, 9.17) is 0 Å². The molecule has 1 amide bonds. The number of allylic oxidation sites excluding steroid dienone is 1. The summed E-state index contributed by atoms with van der Waals surface area (Å²) in [6.45, 7) is 5.91. The highest BCUT2D eigenvalue weighted by atomic mass is 16.3. The average Bonchev–Trinajstić information content (AvgIpc) is 2.54. The number of hydrogen-bond acceptors (Lipinski definition) is 3. The molecule has 24 heavy (non-hydrogen) atoms. The van der Waals surface area contributed by atoms with Gasteiger partial charge in [-0.1, -0.05) is 57.6 Å². The van der Waals surface area contributed by atoms with E-state index in [0.717, 1.165) is 44.2 Å². The third-order valence-corrected chi connectivity index (χ3v) is 3.89. The second kappa shape index (κ2) is 16.7. The Morgan fingerprint density at radius 3 is 2.46 bits per heavy atom. The highest BCUT2D eigenvalue weighted by Crippen LogP contribution is 2.09. The van der Waals surface area contributed by atoms with Gasteiger partial charge in [0.05, 0.1) is 6.10 Å². The van der Waals surface area contributed by atoms with Crippen LogP contribution >= 0.6 is 0 Å². The van der Waals surface area contributed by atoms with Gasteiger partial charge in [0.2, 0.25) is 5.91 Å². The largest absolute Gasteiger partial charge is 0.393 e. The number of rotatable bonds is 15. The molecule has 4 heteroatoms. The van der Waals surface area contributed by atoms with E-state index in [9.17, 15) is 9.90 Å². The molecule has 0 aliphatic rings. The average molecular weight is 339 g/mol. The second-order valence-electron chi connectivity index (χ2n) is 6.76. The Kier molecular flexibility index (Phi) is 15.9. The van der Waals surface area contributed by atoms with Crippen LogP contribution in [-0.4, -0.2) is 22.8 Å². The lowest BCUT2D eigenvalue weighted by Crippen LogP contribution is -2.17. The van der Waals surface area contributed by atoms with Crippen LogP contribution in [0.2, 0.25) is 0 Å². The molecule has 0 fully saturated rings. The fourth-order valence-electron chi connectivity index (χ4n) is 2.43. The number of aliphatic hydroxyl groups excluding tert-OH is 1. The van der Waals surface area contributed by atoms with Crippen molar-refractivity contribution in [2.45, 2.75) is 104 Å². The number of aliphatic hydroxyl groups is 1. The molecule has 0 saturated heterocycles. The van der Waals surface area contributed by atoms with E-state index in [-0.39, 0.29) is 12.0 Å². The lowest BCUT2D eigenvalue weighted by Gasteiger charge is -2.06. The van der Waals surface area contributed by atoms with Gasteiger partial charge in [0.1, 0.15) is 0 Å². The Morgan fingerprint density at radius 2 is 1.75 bits per heavy atom.